The van der Waals surface area contributed by atoms with Crippen LogP contribution in [0.2, 0.25) is 0 Å². The molecule has 2 aliphatic carbocycles. The van der Waals surface area contributed by atoms with Crippen LogP contribution in [0.1, 0.15) is 32.6 Å². The lowest BCUT2D eigenvalue weighted by atomic mass is 9.73. The molecular formula is C12H21BrO. The highest BCUT2D eigenvalue weighted by atomic mass is 79.9. The van der Waals surface area contributed by atoms with E-state index in [1.165, 1.54) is 31.0 Å². The summed E-state index contributed by atoms with van der Waals surface area (Å²) in [6.45, 7) is 3.33. The van der Waals surface area contributed by atoms with E-state index in [1.807, 2.05) is 0 Å². The summed E-state index contributed by atoms with van der Waals surface area (Å²) in [5.74, 6) is 2.98. The zero-order valence-corrected chi connectivity index (χ0v) is 10.8. The lowest BCUT2D eigenvalue weighted by Gasteiger charge is -2.35. The lowest BCUT2D eigenvalue weighted by molar-refractivity contribution is 0.124. The van der Waals surface area contributed by atoms with E-state index in [9.17, 15) is 0 Å². The van der Waals surface area contributed by atoms with Gasteiger partial charge < -0.3 is 4.74 Å². The monoisotopic (exact) mass is 260 g/mol. The van der Waals surface area contributed by atoms with Gasteiger partial charge in [0.2, 0.25) is 0 Å². The molecule has 1 nitrogen and oxygen atoms in total. The van der Waals surface area contributed by atoms with Crippen LogP contribution < -0.4 is 0 Å². The van der Waals surface area contributed by atoms with E-state index >= 15 is 0 Å². The highest BCUT2D eigenvalue weighted by Gasteiger charge is 2.54. The molecule has 82 valence electrons. The molecule has 3 unspecified atom stereocenters. The van der Waals surface area contributed by atoms with Crippen molar-refractivity contribution >= 4 is 15.9 Å². The Bertz CT molecular complexity index is 194. The van der Waals surface area contributed by atoms with Crippen molar-refractivity contribution in [3.63, 3.8) is 0 Å². The van der Waals surface area contributed by atoms with Crippen LogP contribution in [0.5, 0.6) is 0 Å². The zero-order chi connectivity index (χ0) is 10.2. The van der Waals surface area contributed by atoms with E-state index in [4.69, 9.17) is 4.74 Å². The molecule has 14 heavy (non-hydrogen) atoms. The van der Waals surface area contributed by atoms with Crippen LogP contribution in [0.4, 0.5) is 0 Å². The molecule has 2 saturated carbocycles. The van der Waals surface area contributed by atoms with Gasteiger partial charge in [-0.2, -0.15) is 0 Å². The topological polar surface area (TPSA) is 9.23 Å². The van der Waals surface area contributed by atoms with Crippen molar-refractivity contribution in [3.05, 3.63) is 0 Å². The lowest BCUT2D eigenvalue weighted by Crippen LogP contribution is -2.30. The Morgan fingerprint density at radius 1 is 1.43 bits per heavy atom. The van der Waals surface area contributed by atoms with Crippen LogP contribution in [0.3, 0.4) is 0 Å². The van der Waals surface area contributed by atoms with Crippen molar-refractivity contribution in [2.45, 2.75) is 32.6 Å². The smallest absolute Gasteiger partial charge is 0.0465 e. The molecule has 0 bridgehead atoms. The molecule has 0 amide bonds. The van der Waals surface area contributed by atoms with Gasteiger partial charge in [0.25, 0.3) is 0 Å². The molecule has 0 radical (unpaired) electrons. The number of hydrogen-bond donors (Lipinski definition) is 0. The minimum absolute atomic E-state index is 0.603. The number of rotatable bonds is 5. The van der Waals surface area contributed by atoms with Gasteiger partial charge >= 0.3 is 0 Å². The third-order valence-corrected chi connectivity index (χ3v) is 5.59. The molecule has 0 aromatic rings. The molecule has 3 atom stereocenters. The molecule has 0 N–H and O–H groups in total. The van der Waals surface area contributed by atoms with Crippen molar-refractivity contribution in [1.29, 1.82) is 0 Å². The largest absolute Gasteiger partial charge is 0.385 e. The molecule has 0 aromatic carbocycles. The molecule has 2 heteroatoms. The molecule has 0 aliphatic heterocycles. The van der Waals surface area contributed by atoms with Crippen molar-refractivity contribution in [3.8, 4) is 0 Å². The summed E-state index contributed by atoms with van der Waals surface area (Å²) in [5, 5.41) is 1.19. The molecule has 0 saturated heterocycles. The molecule has 2 fully saturated rings. The van der Waals surface area contributed by atoms with Gasteiger partial charge in [-0.3, -0.25) is 0 Å². The first-order valence-electron chi connectivity index (χ1n) is 5.77. The Morgan fingerprint density at radius 3 is 2.57 bits per heavy atom. The second-order valence-electron chi connectivity index (χ2n) is 5.34. The van der Waals surface area contributed by atoms with Crippen LogP contribution in [0.25, 0.3) is 0 Å². The van der Waals surface area contributed by atoms with Crippen molar-refractivity contribution < 1.29 is 4.74 Å². The molecule has 0 spiro atoms. The second kappa shape index (κ2) is 4.13. The van der Waals surface area contributed by atoms with E-state index < -0.39 is 0 Å². The quantitative estimate of drug-likeness (QED) is 0.688. The van der Waals surface area contributed by atoms with Crippen LogP contribution >= 0.6 is 15.9 Å². The number of methoxy groups -OCH3 is 1. The Labute approximate surface area is 95.7 Å². The molecule has 2 aliphatic rings. The molecule has 2 rings (SSSR count). The Balaban J connectivity index is 1.91. The average Bonchev–Trinajstić information content (AvgIpc) is 2.82. The van der Waals surface area contributed by atoms with Crippen LogP contribution in [-0.4, -0.2) is 19.0 Å². The summed E-state index contributed by atoms with van der Waals surface area (Å²) in [6.07, 6.45) is 5.68. The SMILES string of the molecule is COCCC(C)C1(CBr)CC2CC2C1. The Morgan fingerprint density at radius 2 is 2.07 bits per heavy atom. The fourth-order valence-electron chi connectivity index (χ4n) is 3.18. The molecule has 0 heterocycles. The van der Waals surface area contributed by atoms with Gasteiger partial charge in [-0.25, -0.2) is 0 Å². The summed E-state index contributed by atoms with van der Waals surface area (Å²) in [7, 11) is 1.81. The van der Waals surface area contributed by atoms with Gasteiger partial charge in [-0.15, -0.1) is 0 Å². The van der Waals surface area contributed by atoms with Crippen LogP contribution in [0.15, 0.2) is 0 Å². The zero-order valence-electron chi connectivity index (χ0n) is 9.26. The van der Waals surface area contributed by atoms with Gasteiger partial charge in [0, 0.05) is 19.0 Å². The number of hydrogen-bond acceptors (Lipinski definition) is 1. The van der Waals surface area contributed by atoms with Crippen LogP contribution in [0, 0.1) is 23.2 Å². The first-order chi connectivity index (χ1) is 6.72. The second-order valence-corrected chi connectivity index (χ2v) is 5.90. The standard InChI is InChI=1S/C12H21BrO/c1-9(3-4-14-2)12(8-13)6-10-5-11(10)7-12/h9-11H,3-8H2,1-2H3. The number of fused-ring (bicyclic) bond motifs is 1. The van der Waals surface area contributed by atoms with Gasteiger partial charge in [-0.05, 0) is 48.9 Å². The van der Waals surface area contributed by atoms with E-state index in [1.54, 1.807) is 7.11 Å². The number of ether oxygens (including phenoxy) is 1. The third kappa shape index (κ3) is 1.88. The maximum absolute atomic E-state index is 5.18. The van der Waals surface area contributed by atoms with Crippen molar-refractivity contribution in [1.82, 2.24) is 0 Å². The van der Waals surface area contributed by atoms with Gasteiger partial charge in [0.1, 0.15) is 0 Å². The number of alkyl halides is 1. The summed E-state index contributed by atoms with van der Waals surface area (Å²) in [6, 6.07) is 0. The average molecular weight is 261 g/mol. The Kier molecular flexibility index (Phi) is 3.23. The summed E-state index contributed by atoms with van der Waals surface area (Å²) in [4.78, 5) is 0. The van der Waals surface area contributed by atoms with Crippen LogP contribution in [-0.2, 0) is 4.74 Å². The summed E-state index contributed by atoms with van der Waals surface area (Å²) >= 11 is 3.73. The first-order valence-corrected chi connectivity index (χ1v) is 6.89. The number of halogens is 1. The third-order valence-electron chi connectivity index (χ3n) is 4.47. The van der Waals surface area contributed by atoms with E-state index in [0.717, 1.165) is 24.4 Å². The summed E-state index contributed by atoms with van der Waals surface area (Å²) < 4.78 is 5.18. The maximum Gasteiger partial charge on any atom is 0.0465 e. The van der Waals surface area contributed by atoms with Crippen molar-refractivity contribution in [2.24, 2.45) is 23.2 Å². The summed E-state index contributed by atoms with van der Waals surface area (Å²) in [5.41, 5.74) is 0.603. The maximum atomic E-state index is 5.18. The molecular weight excluding hydrogens is 240 g/mol. The first kappa shape index (κ1) is 10.9. The highest BCUT2D eigenvalue weighted by molar-refractivity contribution is 9.09. The molecule has 0 aromatic heterocycles. The predicted octanol–water partition coefficient (Wildman–Crippen LogP) is 3.47. The normalized spacial score (nSPS) is 42.2. The van der Waals surface area contributed by atoms with Crippen molar-refractivity contribution in [2.75, 3.05) is 19.0 Å². The van der Waals surface area contributed by atoms with Gasteiger partial charge in [-0.1, -0.05) is 22.9 Å². The van der Waals surface area contributed by atoms with E-state index in [2.05, 4.69) is 22.9 Å². The van der Waals surface area contributed by atoms with Gasteiger partial charge in [0.15, 0.2) is 0 Å². The predicted molar refractivity (Wildman–Crippen MR) is 62.7 cm³/mol. The fraction of sp³-hybridized carbons (Fsp3) is 1.00. The fourth-order valence-corrected chi connectivity index (χ4v) is 4.19. The Hall–Kier alpha value is 0.440. The van der Waals surface area contributed by atoms with E-state index in [0.29, 0.717) is 5.41 Å². The minimum Gasteiger partial charge on any atom is -0.385 e. The van der Waals surface area contributed by atoms with E-state index in [-0.39, 0.29) is 0 Å². The highest BCUT2D eigenvalue weighted by Crippen LogP contribution is 2.63. The minimum atomic E-state index is 0.603. The van der Waals surface area contributed by atoms with Gasteiger partial charge in [0.05, 0.1) is 0 Å².